The number of alkyl halides is 2. The van der Waals surface area contributed by atoms with Gasteiger partial charge in [0.05, 0.1) is 6.61 Å². The lowest BCUT2D eigenvalue weighted by Gasteiger charge is -2.16. The van der Waals surface area contributed by atoms with Crippen molar-refractivity contribution < 1.29 is 9.53 Å². The van der Waals surface area contributed by atoms with E-state index in [1.54, 1.807) is 0 Å². The van der Waals surface area contributed by atoms with E-state index in [1.807, 2.05) is 0 Å². The van der Waals surface area contributed by atoms with Crippen LogP contribution in [-0.4, -0.2) is 23.5 Å². The second-order valence-electron chi connectivity index (χ2n) is 5.61. The standard InChI is InChI=1S/C13H23Cl2NO2.ClH/c1-9(2)5-10(8-16)6-12(17)18-4-3-11-7-13(11,14)15;/h9-11H,3-8,16H2,1-2H3;1H/t10-,11?;/m0./s1. The van der Waals surface area contributed by atoms with Crippen LogP contribution in [0.25, 0.3) is 0 Å². The number of hydrogen-bond acceptors (Lipinski definition) is 3. The van der Waals surface area contributed by atoms with Gasteiger partial charge in [0.1, 0.15) is 4.33 Å². The lowest BCUT2D eigenvalue weighted by atomic mass is 9.94. The minimum Gasteiger partial charge on any atom is -0.466 e. The van der Waals surface area contributed by atoms with Crippen molar-refractivity contribution in [2.24, 2.45) is 23.5 Å². The first kappa shape index (κ1) is 19.3. The Bertz CT molecular complexity index is 285. The fourth-order valence-electron chi connectivity index (χ4n) is 2.12. The molecule has 0 bridgehead atoms. The molecule has 2 atom stereocenters. The van der Waals surface area contributed by atoms with Gasteiger partial charge in [-0.1, -0.05) is 13.8 Å². The van der Waals surface area contributed by atoms with Gasteiger partial charge < -0.3 is 10.5 Å². The van der Waals surface area contributed by atoms with Gasteiger partial charge >= 0.3 is 5.97 Å². The molecule has 1 aliphatic rings. The molecule has 2 N–H and O–H groups in total. The summed E-state index contributed by atoms with van der Waals surface area (Å²) < 4.78 is 4.61. The van der Waals surface area contributed by atoms with Crippen molar-refractivity contribution in [3.05, 3.63) is 0 Å². The summed E-state index contributed by atoms with van der Waals surface area (Å²) in [5.74, 6) is 0.876. The quantitative estimate of drug-likeness (QED) is 0.546. The number of nitrogens with two attached hydrogens (primary N) is 1. The highest BCUT2D eigenvalue weighted by molar-refractivity contribution is 6.50. The molecule has 1 unspecified atom stereocenters. The summed E-state index contributed by atoms with van der Waals surface area (Å²) in [5.41, 5.74) is 5.65. The first-order chi connectivity index (χ1) is 8.35. The SMILES string of the molecule is CC(C)C[C@H](CN)CC(=O)OCCC1CC1(Cl)Cl.Cl. The Morgan fingerprint density at radius 1 is 1.47 bits per heavy atom. The Morgan fingerprint density at radius 3 is 2.47 bits per heavy atom. The molecular weight excluding hydrogens is 309 g/mol. The average Bonchev–Trinajstić information content (AvgIpc) is 2.84. The topological polar surface area (TPSA) is 52.3 Å². The monoisotopic (exact) mass is 331 g/mol. The third kappa shape index (κ3) is 7.60. The van der Waals surface area contributed by atoms with E-state index in [-0.39, 0.29) is 30.2 Å². The van der Waals surface area contributed by atoms with E-state index >= 15 is 0 Å². The van der Waals surface area contributed by atoms with E-state index in [1.165, 1.54) is 0 Å². The Hall–Kier alpha value is 0.300. The van der Waals surface area contributed by atoms with E-state index < -0.39 is 4.33 Å². The lowest BCUT2D eigenvalue weighted by molar-refractivity contribution is -0.145. The van der Waals surface area contributed by atoms with Crippen LogP contribution in [0.3, 0.4) is 0 Å². The molecule has 0 aromatic heterocycles. The predicted octanol–water partition coefficient (Wildman–Crippen LogP) is 3.55. The number of carbonyl (C=O) groups is 1. The average molecular weight is 333 g/mol. The van der Waals surface area contributed by atoms with Crippen LogP contribution in [-0.2, 0) is 9.53 Å². The van der Waals surface area contributed by atoms with Crippen LogP contribution >= 0.6 is 35.6 Å². The summed E-state index contributed by atoms with van der Waals surface area (Å²) in [6.07, 6.45) is 2.91. The number of halogens is 3. The van der Waals surface area contributed by atoms with Gasteiger partial charge in [0.25, 0.3) is 0 Å². The summed E-state index contributed by atoms with van der Waals surface area (Å²) in [7, 11) is 0. The highest BCUT2D eigenvalue weighted by atomic mass is 35.5. The molecule has 0 aliphatic heterocycles. The van der Waals surface area contributed by atoms with Gasteiger partial charge in [-0.15, -0.1) is 35.6 Å². The highest BCUT2D eigenvalue weighted by Crippen LogP contribution is 2.54. The van der Waals surface area contributed by atoms with Crippen LogP contribution in [0, 0.1) is 17.8 Å². The van der Waals surface area contributed by atoms with Crippen molar-refractivity contribution in [3.63, 3.8) is 0 Å². The third-order valence-corrected chi connectivity index (χ3v) is 4.20. The number of ether oxygens (including phenoxy) is 1. The number of rotatable bonds is 8. The van der Waals surface area contributed by atoms with Gasteiger partial charge in [0.15, 0.2) is 0 Å². The van der Waals surface area contributed by atoms with Crippen LogP contribution in [0.1, 0.15) is 39.5 Å². The van der Waals surface area contributed by atoms with E-state index in [0.717, 1.165) is 19.3 Å². The van der Waals surface area contributed by atoms with Gasteiger partial charge in [0, 0.05) is 6.42 Å². The van der Waals surface area contributed by atoms with Crippen molar-refractivity contribution >= 4 is 41.6 Å². The minimum absolute atomic E-state index is 0. The summed E-state index contributed by atoms with van der Waals surface area (Å²) in [5, 5.41) is 0. The Kier molecular flexibility index (Phi) is 8.69. The van der Waals surface area contributed by atoms with Gasteiger partial charge in [-0.05, 0) is 43.6 Å². The molecule has 0 saturated heterocycles. The second-order valence-corrected chi connectivity index (χ2v) is 7.15. The predicted molar refractivity (Wildman–Crippen MR) is 82.0 cm³/mol. The molecule has 19 heavy (non-hydrogen) atoms. The van der Waals surface area contributed by atoms with Gasteiger partial charge in [0.2, 0.25) is 0 Å². The van der Waals surface area contributed by atoms with Crippen molar-refractivity contribution in [1.29, 1.82) is 0 Å². The summed E-state index contributed by atoms with van der Waals surface area (Å²) in [6, 6.07) is 0. The first-order valence-electron chi connectivity index (χ1n) is 6.58. The van der Waals surface area contributed by atoms with E-state index in [0.29, 0.717) is 25.5 Å². The Morgan fingerprint density at radius 2 is 2.05 bits per heavy atom. The maximum absolute atomic E-state index is 11.6. The molecule has 1 saturated carbocycles. The molecule has 0 spiro atoms. The van der Waals surface area contributed by atoms with Crippen molar-refractivity contribution in [2.75, 3.05) is 13.2 Å². The van der Waals surface area contributed by atoms with E-state index in [2.05, 4.69) is 13.8 Å². The normalized spacial score (nSPS) is 21.7. The van der Waals surface area contributed by atoms with Crippen LogP contribution < -0.4 is 5.73 Å². The van der Waals surface area contributed by atoms with Gasteiger partial charge in [-0.2, -0.15) is 0 Å². The van der Waals surface area contributed by atoms with E-state index in [4.69, 9.17) is 33.7 Å². The molecule has 1 rings (SSSR count). The smallest absolute Gasteiger partial charge is 0.306 e. The lowest BCUT2D eigenvalue weighted by Crippen LogP contribution is -2.21. The number of carbonyl (C=O) groups excluding carboxylic acids is 1. The zero-order chi connectivity index (χ0) is 13.8. The molecular formula is C13H24Cl3NO2. The zero-order valence-electron chi connectivity index (χ0n) is 11.5. The van der Waals surface area contributed by atoms with Crippen LogP contribution in [0.15, 0.2) is 0 Å². The summed E-state index contributed by atoms with van der Waals surface area (Å²) >= 11 is 11.8. The molecule has 0 radical (unpaired) electrons. The summed E-state index contributed by atoms with van der Waals surface area (Å²) in [6.45, 7) is 5.19. The molecule has 0 aromatic rings. The van der Waals surface area contributed by atoms with Crippen LogP contribution in [0.4, 0.5) is 0 Å². The summed E-state index contributed by atoms with van der Waals surface area (Å²) in [4.78, 5) is 11.6. The maximum Gasteiger partial charge on any atom is 0.306 e. The molecule has 1 fully saturated rings. The number of hydrogen-bond donors (Lipinski definition) is 1. The Labute approximate surface area is 131 Å². The molecule has 3 nitrogen and oxygen atoms in total. The molecule has 6 heteroatoms. The second kappa shape index (κ2) is 8.56. The highest BCUT2D eigenvalue weighted by Gasteiger charge is 2.50. The molecule has 0 heterocycles. The van der Waals surface area contributed by atoms with Crippen LogP contribution in [0.2, 0.25) is 0 Å². The first-order valence-corrected chi connectivity index (χ1v) is 7.34. The van der Waals surface area contributed by atoms with Crippen LogP contribution in [0.5, 0.6) is 0 Å². The van der Waals surface area contributed by atoms with Crippen molar-refractivity contribution in [2.45, 2.75) is 43.9 Å². The molecule has 0 amide bonds. The fraction of sp³-hybridized carbons (Fsp3) is 0.923. The Balaban J connectivity index is 0.00000324. The van der Waals surface area contributed by atoms with Gasteiger partial charge in [-0.3, -0.25) is 4.79 Å². The largest absolute Gasteiger partial charge is 0.466 e. The number of esters is 1. The molecule has 0 aromatic carbocycles. The zero-order valence-corrected chi connectivity index (χ0v) is 13.9. The van der Waals surface area contributed by atoms with Gasteiger partial charge in [-0.25, -0.2) is 0 Å². The fourth-order valence-corrected chi connectivity index (χ4v) is 2.71. The third-order valence-electron chi connectivity index (χ3n) is 3.28. The molecule has 114 valence electrons. The van der Waals surface area contributed by atoms with Crippen molar-refractivity contribution in [3.8, 4) is 0 Å². The minimum atomic E-state index is -0.580. The van der Waals surface area contributed by atoms with E-state index in [9.17, 15) is 4.79 Å². The maximum atomic E-state index is 11.6. The van der Waals surface area contributed by atoms with Crippen molar-refractivity contribution in [1.82, 2.24) is 0 Å². The molecule has 1 aliphatic carbocycles.